The second-order valence-corrected chi connectivity index (χ2v) is 19.5. The molecule has 0 aliphatic carbocycles. The zero-order valence-corrected chi connectivity index (χ0v) is 47.7. The third-order valence-corrected chi connectivity index (χ3v) is 12.6. The molecule has 12 nitrogen and oxygen atoms in total. The molecule has 0 aromatic heterocycles. The number of aliphatic hydroxyl groups is 2. The summed E-state index contributed by atoms with van der Waals surface area (Å²) >= 11 is 0. The van der Waals surface area contributed by atoms with Gasteiger partial charge in [-0.1, -0.05) is 232 Å². The van der Waals surface area contributed by atoms with E-state index in [4.69, 9.17) is 23.7 Å². The first-order chi connectivity index (χ1) is 37.6. The number of aliphatic hydroxyl groups excluding tert-OH is 2. The number of carbonyl (C=O) groups is 4. The lowest BCUT2D eigenvalue weighted by molar-refractivity contribution is -0.301. The molecule has 0 aromatic carbocycles. The van der Waals surface area contributed by atoms with E-state index in [1.807, 2.05) is 30.4 Å². The first-order valence-electron chi connectivity index (χ1n) is 29.5. The summed E-state index contributed by atoms with van der Waals surface area (Å²) in [7, 11) is 0. The van der Waals surface area contributed by atoms with E-state index in [9.17, 15) is 34.5 Å². The summed E-state index contributed by atoms with van der Waals surface area (Å²) in [6.07, 6.45) is 59.2. The van der Waals surface area contributed by atoms with Gasteiger partial charge in [0.25, 0.3) is 0 Å². The Morgan fingerprint density at radius 3 is 1.22 bits per heavy atom. The van der Waals surface area contributed by atoms with Crippen molar-refractivity contribution in [2.75, 3.05) is 13.2 Å². The fraction of sp³-hybridized carbons (Fsp3) is 0.631. The van der Waals surface area contributed by atoms with Crippen LogP contribution in [0.15, 0.2) is 122 Å². The van der Waals surface area contributed by atoms with Crippen LogP contribution in [0.3, 0.4) is 0 Å². The first-order valence-corrected chi connectivity index (χ1v) is 29.5. The minimum Gasteiger partial charge on any atom is -0.479 e. The molecule has 0 spiro atoms. The summed E-state index contributed by atoms with van der Waals surface area (Å²) in [5, 5.41) is 31.4. The highest BCUT2D eigenvalue weighted by molar-refractivity contribution is 5.74. The van der Waals surface area contributed by atoms with E-state index in [1.165, 1.54) is 70.6 Å². The monoisotopic (exact) mass is 1070 g/mol. The van der Waals surface area contributed by atoms with Crippen LogP contribution in [0.25, 0.3) is 0 Å². The van der Waals surface area contributed by atoms with Crippen LogP contribution in [0.2, 0.25) is 0 Å². The molecule has 1 aliphatic rings. The van der Waals surface area contributed by atoms with Crippen LogP contribution >= 0.6 is 0 Å². The van der Waals surface area contributed by atoms with E-state index in [1.54, 1.807) is 0 Å². The third-order valence-electron chi connectivity index (χ3n) is 12.6. The fourth-order valence-corrected chi connectivity index (χ4v) is 8.11. The number of esters is 3. The Kier molecular flexibility index (Phi) is 47.2. The third kappa shape index (κ3) is 41.8. The number of carboxylic acids is 1. The number of carboxylic acid groups (broad SMARTS) is 1. The van der Waals surface area contributed by atoms with Crippen LogP contribution < -0.4 is 0 Å². The van der Waals surface area contributed by atoms with Crippen LogP contribution in [0.4, 0.5) is 0 Å². The molecule has 1 heterocycles. The predicted octanol–water partition coefficient (Wildman–Crippen LogP) is 15.2. The summed E-state index contributed by atoms with van der Waals surface area (Å²) in [6.45, 7) is 5.65. The lowest BCUT2D eigenvalue weighted by Gasteiger charge is -2.40. The van der Waals surface area contributed by atoms with E-state index < -0.39 is 67.3 Å². The van der Waals surface area contributed by atoms with Crippen LogP contribution in [0.5, 0.6) is 0 Å². The number of hydrogen-bond acceptors (Lipinski definition) is 11. The zero-order chi connectivity index (χ0) is 56.1. The maximum absolute atomic E-state index is 13.1. The van der Waals surface area contributed by atoms with Crippen LogP contribution in [-0.4, -0.2) is 89.2 Å². The lowest BCUT2D eigenvalue weighted by atomic mass is 9.98. The van der Waals surface area contributed by atoms with Crippen molar-refractivity contribution >= 4 is 23.9 Å². The quantitative estimate of drug-likeness (QED) is 0.0228. The number of hydrogen-bond donors (Lipinski definition) is 3. The molecule has 0 saturated carbocycles. The molecular formula is C65H102O12. The minimum absolute atomic E-state index is 0.0727. The van der Waals surface area contributed by atoms with Crippen LogP contribution in [0, 0.1) is 0 Å². The Labute approximate surface area is 465 Å². The van der Waals surface area contributed by atoms with Gasteiger partial charge in [-0.25, -0.2) is 4.79 Å². The summed E-state index contributed by atoms with van der Waals surface area (Å²) < 4.78 is 28.2. The Morgan fingerprint density at radius 1 is 0.442 bits per heavy atom. The van der Waals surface area contributed by atoms with Crippen LogP contribution in [0.1, 0.15) is 213 Å². The second kappa shape index (κ2) is 51.9. The van der Waals surface area contributed by atoms with Gasteiger partial charge in [0.05, 0.1) is 6.61 Å². The fourth-order valence-electron chi connectivity index (χ4n) is 8.11. The van der Waals surface area contributed by atoms with Gasteiger partial charge < -0.3 is 39.0 Å². The molecular weight excluding hydrogens is 973 g/mol. The molecule has 6 unspecified atom stereocenters. The molecule has 3 N–H and O–H groups in total. The maximum atomic E-state index is 13.1. The van der Waals surface area contributed by atoms with E-state index in [0.29, 0.717) is 25.7 Å². The lowest BCUT2D eigenvalue weighted by Crippen LogP contribution is -2.61. The van der Waals surface area contributed by atoms with Gasteiger partial charge in [-0.2, -0.15) is 0 Å². The van der Waals surface area contributed by atoms with E-state index in [0.717, 1.165) is 77.0 Å². The SMILES string of the molecule is CC/C=C\C/C=C\C/C=C\C/C=C\C/C=C\C/C=C\CCC(=O)OCC(COC1OC(C(=O)O)C(O)C(O)C1OC(=O)CC/C=C\C/C=C\C/C=C\C/C=C\CC)OC(=O)CCCCCCCCCCCCCCCCC. The van der Waals surface area contributed by atoms with Gasteiger partial charge in [-0.3, -0.25) is 14.4 Å². The number of aliphatic carboxylic acids is 1. The number of unbranched alkanes of at least 4 members (excludes halogenated alkanes) is 14. The van der Waals surface area contributed by atoms with Gasteiger partial charge in [-0.05, 0) is 83.5 Å². The molecule has 1 fully saturated rings. The average molecular weight is 1080 g/mol. The highest BCUT2D eigenvalue weighted by Crippen LogP contribution is 2.26. The highest BCUT2D eigenvalue weighted by atomic mass is 16.7. The van der Waals surface area contributed by atoms with Gasteiger partial charge >= 0.3 is 23.9 Å². The molecule has 1 rings (SSSR count). The Morgan fingerprint density at radius 2 is 0.818 bits per heavy atom. The average Bonchev–Trinajstić information content (AvgIpc) is 3.42. The molecule has 12 heteroatoms. The van der Waals surface area contributed by atoms with Crippen molar-refractivity contribution in [1.82, 2.24) is 0 Å². The number of carbonyl (C=O) groups excluding carboxylic acids is 3. The van der Waals surface area contributed by atoms with E-state index in [-0.39, 0.29) is 25.9 Å². The van der Waals surface area contributed by atoms with Gasteiger partial charge in [-0.15, -0.1) is 0 Å². The van der Waals surface area contributed by atoms with Gasteiger partial charge in [0.15, 0.2) is 24.6 Å². The topological polar surface area (TPSA) is 175 Å². The molecule has 1 aliphatic heterocycles. The molecule has 0 amide bonds. The smallest absolute Gasteiger partial charge is 0.335 e. The maximum Gasteiger partial charge on any atom is 0.335 e. The van der Waals surface area contributed by atoms with Crippen molar-refractivity contribution in [3.8, 4) is 0 Å². The van der Waals surface area contributed by atoms with Gasteiger partial charge in [0.1, 0.15) is 18.8 Å². The molecule has 77 heavy (non-hydrogen) atoms. The summed E-state index contributed by atoms with van der Waals surface area (Å²) in [5.74, 6) is -3.35. The van der Waals surface area contributed by atoms with Crippen molar-refractivity contribution in [3.63, 3.8) is 0 Å². The number of allylic oxidation sites excluding steroid dienone is 20. The van der Waals surface area contributed by atoms with Gasteiger partial charge in [0.2, 0.25) is 0 Å². The van der Waals surface area contributed by atoms with Crippen molar-refractivity contribution in [3.05, 3.63) is 122 Å². The number of rotatable bonds is 48. The van der Waals surface area contributed by atoms with E-state index >= 15 is 0 Å². The Bertz CT molecular complexity index is 1800. The molecule has 6 atom stereocenters. The predicted molar refractivity (Wildman–Crippen MR) is 312 cm³/mol. The van der Waals surface area contributed by atoms with Crippen molar-refractivity contribution in [1.29, 1.82) is 0 Å². The largest absolute Gasteiger partial charge is 0.479 e. The highest BCUT2D eigenvalue weighted by Gasteiger charge is 2.50. The number of ether oxygens (including phenoxy) is 5. The summed E-state index contributed by atoms with van der Waals surface area (Å²) in [4.78, 5) is 51.0. The summed E-state index contributed by atoms with van der Waals surface area (Å²) in [6, 6.07) is 0. The normalized spacial score (nSPS) is 18.9. The zero-order valence-electron chi connectivity index (χ0n) is 47.7. The van der Waals surface area contributed by atoms with Gasteiger partial charge in [0, 0.05) is 19.3 Å². The Hall–Kier alpha value is -4.88. The van der Waals surface area contributed by atoms with Crippen molar-refractivity contribution in [2.24, 2.45) is 0 Å². The van der Waals surface area contributed by atoms with E-state index in [2.05, 4.69) is 112 Å². The summed E-state index contributed by atoms with van der Waals surface area (Å²) in [5.41, 5.74) is 0. The standard InChI is InChI=1S/C65H102O12/c1-4-7-10-13-16-19-22-25-27-28-29-30-32-34-36-39-42-45-48-51-57(66)73-54-56(75-58(67)52-49-46-43-40-38-35-31-26-23-20-17-14-11-8-5-2)55-74-65-63(61(70)60(69)62(77-65)64(71)72)76-59(68)53-50-47-44-41-37-33-24-21-18-15-12-9-6-3/h7,9-10,12,16,18-19,21,25,27,29-30,33-34,36-37,42,44-45,47,56,60-63,65,69-70H,4-6,8,11,13-15,17,20,22-24,26,28,31-32,35,38-41,43,46,48-55H2,1-3H3,(H,71,72)/b10-7-,12-9-,19-16-,21-18-,27-25-,30-29-,36-34-,37-33-,45-42-,47-44-. The second-order valence-electron chi connectivity index (χ2n) is 19.5. The molecule has 0 aromatic rings. The van der Waals surface area contributed by atoms with Crippen molar-refractivity contribution in [2.45, 2.75) is 250 Å². The molecule has 0 radical (unpaired) electrons. The minimum atomic E-state index is -1.94. The first kappa shape index (κ1) is 70.1. The Balaban J connectivity index is 2.77. The van der Waals surface area contributed by atoms with Crippen LogP contribution in [-0.2, 0) is 42.9 Å². The van der Waals surface area contributed by atoms with Crippen molar-refractivity contribution < 1.29 is 58.2 Å². The molecule has 0 bridgehead atoms. The molecule has 1 saturated heterocycles. The molecule has 434 valence electrons.